The van der Waals surface area contributed by atoms with E-state index < -0.39 is 0 Å². The van der Waals surface area contributed by atoms with Crippen molar-refractivity contribution < 1.29 is 9.53 Å². The zero-order valence-corrected chi connectivity index (χ0v) is 12.0. The van der Waals surface area contributed by atoms with Crippen LogP contribution >= 0.6 is 0 Å². The molecule has 0 unspecified atom stereocenters. The minimum atomic E-state index is -0.272. The second-order valence-electron chi connectivity index (χ2n) is 5.13. The topological polar surface area (TPSA) is 95.1 Å². The molecule has 1 fully saturated rings. The second-order valence-corrected chi connectivity index (χ2v) is 5.13. The van der Waals surface area contributed by atoms with E-state index in [9.17, 15) is 4.79 Å². The number of nitrogens with zero attached hydrogens (tertiary/aromatic N) is 3. The zero-order chi connectivity index (χ0) is 15.0. The highest BCUT2D eigenvalue weighted by Crippen LogP contribution is 2.37. The number of carbonyl (C=O) groups is 1. The van der Waals surface area contributed by atoms with Crippen molar-refractivity contribution in [3.63, 3.8) is 0 Å². The fourth-order valence-electron chi connectivity index (χ4n) is 2.20. The highest BCUT2D eigenvalue weighted by molar-refractivity contribution is 6.03. The number of rotatable bonds is 4. The molecule has 0 spiro atoms. The van der Waals surface area contributed by atoms with Crippen LogP contribution in [0.1, 0.15) is 35.1 Å². The summed E-state index contributed by atoms with van der Waals surface area (Å²) in [6.07, 6.45) is 3.94. The molecule has 0 atom stereocenters. The van der Waals surface area contributed by atoms with Gasteiger partial charge in [0, 0.05) is 24.0 Å². The quantitative estimate of drug-likeness (QED) is 0.893. The molecule has 2 heterocycles. The van der Waals surface area contributed by atoms with Gasteiger partial charge in [-0.1, -0.05) is 0 Å². The van der Waals surface area contributed by atoms with Crippen LogP contribution < -0.4 is 15.8 Å². The third-order valence-electron chi connectivity index (χ3n) is 3.31. The second kappa shape index (κ2) is 5.08. The van der Waals surface area contributed by atoms with Crippen LogP contribution in [-0.4, -0.2) is 27.6 Å². The minimum Gasteiger partial charge on any atom is -0.481 e. The number of nitrogens with two attached hydrogens (primary N) is 1. The monoisotopic (exact) mass is 287 g/mol. The van der Waals surface area contributed by atoms with E-state index in [1.807, 2.05) is 11.5 Å². The Morgan fingerprint density at radius 1 is 1.43 bits per heavy atom. The van der Waals surface area contributed by atoms with Gasteiger partial charge < -0.3 is 15.0 Å². The lowest BCUT2D eigenvalue weighted by Crippen LogP contribution is -2.18. The number of carbonyl (C=O) groups excluding carboxylic acids is 1. The molecular formula is C14H17N5O2. The van der Waals surface area contributed by atoms with Gasteiger partial charge in [-0.25, -0.2) is 4.98 Å². The fraction of sp³-hybridized carbons (Fsp3) is 0.357. The Morgan fingerprint density at radius 3 is 2.86 bits per heavy atom. The fourth-order valence-corrected chi connectivity index (χ4v) is 2.20. The summed E-state index contributed by atoms with van der Waals surface area (Å²) in [6, 6.07) is 3.73. The molecule has 0 radical (unpaired) electrons. The standard InChI is InChI=1S/C14H17N5O2/c1-8-5-12(21-2)17-14(16-8)18-13(20)11-6-9(15)7-19(11)10-3-4-10/h5-7,10H,3-4,15H2,1-2H3,(H,16,17,18,20). The van der Waals surface area contributed by atoms with E-state index in [2.05, 4.69) is 15.3 Å². The molecule has 0 bridgehead atoms. The van der Waals surface area contributed by atoms with E-state index in [1.54, 1.807) is 18.3 Å². The zero-order valence-electron chi connectivity index (χ0n) is 12.0. The van der Waals surface area contributed by atoms with Gasteiger partial charge in [0.25, 0.3) is 5.91 Å². The molecule has 1 aliphatic carbocycles. The summed E-state index contributed by atoms with van der Waals surface area (Å²) < 4.78 is 6.99. The molecular weight excluding hydrogens is 270 g/mol. The lowest BCUT2D eigenvalue weighted by atomic mass is 10.3. The summed E-state index contributed by atoms with van der Waals surface area (Å²) in [6.45, 7) is 1.81. The number of anilines is 2. The third kappa shape index (κ3) is 2.81. The minimum absolute atomic E-state index is 0.221. The highest BCUT2D eigenvalue weighted by Gasteiger charge is 2.28. The maximum Gasteiger partial charge on any atom is 0.274 e. The maximum absolute atomic E-state index is 12.4. The summed E-state index contributed by atoms with van der Waals surface area (Å²) in [5, 5.41) is 2.69. The van der Waals surface area contributed by atoms with Gasteiger partial charge in [-0.15, -0.1) is 0 Å². The van der Waals surface area contributed by atoms with Crippen LogP contribution in [0.15, 0.2) is 18.3 Å². The first-order valence-electron chi connectivity index (χ1n) is 6.75. The van der Waals surface area contributed by atoms with E-state index in [1.165, 1.54) is 7.11 Å². The lowest BCUT2D eigenvalue weighted by molar-refractivity contribution is 0.101. The van der Waals surface area contributed by atoms with Crippen molar-refractivity contribution in [3.8, 4) is 5.88 Å². The largest absolute Gasteiger partial charge is 0.481 e. The predicted octanol–water partition coefficient (Wildman–Crippen LogP) is 1.76. The Bertz CT molecular complexity index is 691. The van der Waals surface area contributed by atoms with Gasteiger partial charge in [0.2, 0.25) is 11.8 Å². The average Bonchev–Trinajstić information content (AvgIpc) is 3.20. The molecule has 3 rings (SSSR count). The maximum atomic E-state index is 12.4. The first kappa shape index (κ1) is 13.4. The number of amides is 1. The molecule has 21 heavy (non-hydrogen) atoms. The van der Waals surface area contributed by atoms with E-state index in [4.69, 9.17) is 10.5 Å². The Labute approximate surface area is 122 Å². The van der Waals surface area contributed by atoms with E-state index >= 15 is 0 Å². The lowest BCUT2D eigenvalue weighted by Gasteiger charge is -2.09. The van der Waals surface area contributed by atoms with Crippen LogP contribution in [0.5, 0.6) is 5.88 Å². The first-order valence-corrected chi connectivity index (χ1v) is 6.75. The molecule has 2 aromatic rings. The number of nitrogens with one attached hydrogen (secondary N) is 1. The molecule has 7 nitrogen and oxygen atoms in total. The Morgan fingerprint density at radius 2 is 2.19 bits per heavy atom. The van der Waals surface area contributed by atoms with Crippen molar-refractivity contribution in [2.45, 2.75) is 25.8 Å². The molecule has 110 valence electrons. The number of aryl methyl sites for hydroxylation is 1. The Balaban J connectivity index is 1.85. The van der Waals surface area contributed by atoms with E-state index in [-0.39, 0.29) is 11.9 Å². The predicted molar refractivity (Wildman–Crippen MR) is 78.4 cm³/mol. The number of hydrogen-bond donors (Lipinski definition) is 2. The van der Waals surface area contributed by atoms with Gasteiger partial charge in [-0.2, -0.15) is 4.98 Å². The summed E-state index contributed by atoms with van der Waals surface area (Å²) in [5.74, 6) is 0.361. The van der Waals surface area contributed by atoms with Gasteiger partial charge in [0.05, 0.1) is 12.8 Å². The molecule has 0 aromatic carbocycles. The van der Waals surface area contributed by atoms with Crippen molar-refractivity contribution in [3.05, 3.63) is 29.7 Å². The van der Waals surface area contributed by atoms with Crippen molar-refractivity contribution >= 4 is 17.5 Å². The molecule has 1 amide bonds. The summed E-state index contributed by atoms with van der Waals surface area (Å²) in [7, 11) is 1.52. The normalized spacial score (nSPS) is 14.0. The van der Waals surface area contributed by atoms with Crippen LogP contribution in [0, 0.1) is 6.92 Å². The van der Waals surface area contributed by atoms with Crippen LogP contribution in [0.4, 0.5) is 11.6 Å². The number of aromatic nitrogens is 3. The first-order chi connectivity index (χ1) is 10.1. The molecule has 1 aliphatic rings. The number of nitrogen functional groups attached to an aromatic ring is 1. The van der Waals surface area contributed by atoms with E-state index in [0.717, 1.165) is 12.8 Å². The van der Waals surface area contributed by atoms with Gasteiger partial charge in [0.1, 0.15) is 5.69 Å². The van der Waals surface area contributed by atoms with Gasteiger partial charge >= 0.3 is 0 Å². The molecule has 2 aromatic heterocycles. The Kier molecular flexibility index (Phi) is 3.25. The van der Waals surface area contributed by atoms with Crippen molar-refractivity contribution in [1.29, 1.82) is 0 Å². The van der Waals surface area contributed by atoms with Crippen LogP contribution in [0.2, 0.25) is 0 Å². The number of hydrogen-bond acceptors (Lipinski definition) is 5. The third-order valence-corrected chi connectivity index (χ3v) is 3.31. The highest BCUT2D eigenvalue weighted by atomic mass is 16.5. The van der Waals surface area contributed by atoms with Crippen molar-refractivity contribution in [2.24, 2.45) is 0 Å². The van der Waals surface area contributed by atoms with Crippen LogP contribution in [-0.2, 0) is 0 Å². The molecule has 7 heteroatoms. The molecule has 3 N–H and O–H groups in total. The number of methoxy groups -OCH3 is 1. The SMILES string of the molecule is COc1cc(C)nc(NC(=O)c2cc(N)cn2C2CC2)n1. The van der Waals surface area contributed by atoms with Gasteiger partial charge in [0.15, 0.2) is 0 Å². The molecule has 1 saturated carbocycles. The Hall–Kier alpha value is -2.57. The van der Waals surface area contributed by atoms with Gasteiger partial charge in [-0.05, 0) is 25.8 Å². The number of ether oxygens (including phenoxy) is 1. The summed E-state index contributed by atoms with van der Waals surface area (Å²) in [4.78, 5) is 20.7. The van der Waals surface area contributed by atoms with Gasteiger partial charge in [-0.3, -0.25) is 10.1 Å². The van der Waals surface area contributed by atoms with Crippen LogP contribution in [0.25, 0.3) is 0 Å². The van der Waals surface area contributed by atoms with Crippen molar-refractivity contribution in [2.75, 3.05) is 18.2 Å². The van der Waals surface area contributed by atoms with E-state index in [0.29, 0.717) is 29.0 Å². The van der Waals surface area contributed by atoms with Crippen LogP contribution in [0.3, 0.4) is 0 Å². The summed E-state index contributed by atoms with van der Waals surface area (Å²) >= 11 is 0. The summed E-state index contributed by atoms with van der Waals surface area (Å²) in [5.41, 5.74) is 7.62. The molecule has 0 saturated heterocycles. The molecule has 0 aliphatic heterocycles. The van der Waals surface area contributed by atoms with Crippen molar-refractivity contribution in [1.82, 2.24) is 14.5 Å². The average molecular weight is 287 g/mol. The smallest absolute Gasteiger partial charge is 0.274 e.